The summed E-state index contributed by atoms with van der Waals surface area (Å²) >= 11 is 0. The lowest BCUT2D eigenvalue weighted by Gasteiger charge is -2.13. The summed E-state index contributed by atoms with van der Waals surface area (Å²) in [6.07, 6.45) is 1.56. The van der Waals surface area contributed by atoms with Crippen LogP contribution in [0, 0.1) is 0 Å². The minimum atomic E-state index is -0.696. The number of hydrogen-bond donors (Lipinski definition) is 3. The normalized spacial score (nSPS) is 10.6. The van der Waals surface area contributed by atoms with Gasteiger partial charge in [-0.25, -0.2) is 0 Å². The van der Waals surface area contributed by atoms with Gasteiger partial charge in [-0.3, -0.25) is 9.59 Å². The molecule has 1 rings (SSSR count). The molecule has 1 aromatic rings. The molecule has 3 N–H and O–H groups in total. The monoisotopic (exact) mass is 240 g/mol. The molecule has 0 bridgehead atoms. The van der Waals surface area contributed by atoms with E-state index in [1.807, 2.05) is 0 Å². The highest BCUT2D eigenvalue weighted by atomic mass is 16.3. The smallest absolute Gasteiger partial charge is 0.268 e. The number of carbonyl (C=O) groups excluding carboxylic acids is 2. The van der Waals surface area contributed by atoms with E-state index in [1.54, 1.807) is 13.2 Å². The lowest BCUT2D eigenvalue weighted by Crippen LogP contribution is -2.40. The summed E-state index contributed by atoms with van der Waals surface area (Å²) in [5.41, 5.74) is 0.754. The zero-order chi connectivity index (χ0) is 13.0. The number of nitrogens with one attached hydrogen (secondary N) is 1. The fourth-order valence-electron chi connectivity index (χ4n) is 1.39. The number of nitrogens with zero attached hydrogens (tertiary/aromatic N) is 1. The maximum atomic E-state index is 11.8. The van der Waals surface area contributed by atoms with Crippen LogP contribution in [0.1, 0.15) is 27.8 Å². The number of aliphatic hydroxyl groups is 2. The van der Waals surface area contributed by atoms with Crippen molar-refractivity contribution in [2.24, 2.45) is 7.05 Å². The Morgan fingerprint density at radius 1 is 1.41 bits per heavy atom. The van der Waals surface area contributed by atoms with Crippen molar-refractivity contribution in [1.29, 1.82) is 0 Å². The van der Waals surface area contributed by atoms with Gasteiger partial charge in [-0.1, -0.05) is 0 Å². The Morgan fingerprint density at radius 3 is 2.41 bits per heavy atom. The molecule has 1 heterocycles. The number of hydrogen-bond acceptors (Lipinski definition) is 4. The zero-order valence-corrected chi connectivity index (χ0v) is 9.80. The van der Waals surface area contributed by atoms with Crippen molar-refractivity contribution in [3.63, 3.8) is 0 Å². The van der Waals surface area contributed by atoms with Gasteiger partial charge in [0.2, 0.25) is 0 Å². The lowest BCUT2D eigenvalue weighted by molar-refractivity contribution is 0.0871. The van der Waals surface area contributed by atoms with Crippen LogP contribution in [0.15, 0.2) is 12.3 Å². The van der Waals surface area contributed by atoms with Crippen molar-refractivity contribution < 1.29 is 19.8 Å². The average molecular weight is 240 g/mol. The SMILES string of the molecule is CC(=O)c1cc(C(=O)NC(CO)CO)n(C)c1. The van der Waals surface area contributed by atoms with Crippen molar-refractivity contribution in [3.05, 3.63) is 23.5 Å². The molecule has 0 aliphatic heterocycles. The first-order chi connectivity index (χ1) is 7.99. The van der Waals surface area contributed by atoms with Crippen LogP contribution in [0.4, 0.5) is 0 Å². The number of aryl methyl sites for hydroxylation is 1. The van der Waals surface area contributed by atoms with Crippen molar-refractivity contribution in [2.45, 2.75) is 13.0 Å². The maximum absolute atomic E-state index is 11.8. The quantitative estimate of drug-likeness (QED) is 0.594. The zero-order valence-electron chi connectivity index (χ0n) is 9.80. The summed E-state index contributed by atoms with van der Waals surface area (Å²) in [6, 6.07) is 0.780. The van der Waals surface area contributed by atoms with E-state index in [2.05, 4.69) is 5.32 Å². The highest BCUT2D eigenvalue weighted by Crippen LogP contribution is 2.08. The van der Waals surface area contributed by atoms with Gasteiger partial charge in [0.1, 0.15) is 5.69 Å². The molecule has 0 radical (unpaired) electrons. The molecule has 0 aliphatic rings. The molecule has 0 aliphatic carbocycles. The fourth-order valence-corrected chi connectivity index (χ4v) is 1.39. The first-order valence-corrected chi connectivity index (χ1v) is 5.19. The molecule has 0 saturated carbocycles. The molecular weight excluding hydrogens is 224 g/mol. The number of ketones is 1. The Labute approximate surface area is 98.9 Å². The third-order valence-corrected chi connectivity index (χ3v) is 2.42. The molecule has 0 unspecified atom stereocenters. The van der Waals surface area contributed by atoms with Crippen LogP contribution >= 0.6 is 0 Å². The fraction of sp³-hybridized carbons (Fsp3) is 0.455. The number of aliphatic hydroxyl groups excluding tert-OH is 2. The molecule has 0 saturated heterocycles. The summed E-state index contributed by atoms with van der Waals surface area (Å²) in [7, 11) is 1.65. The third kappa shape index (κ3) is 3.15. The van der Waals surface area contributed by atoms with Crippen LogP contribution in [0.25, 0.3) is 0 Å². The molecule has 1 amide bonds. The Kier molecular flexibility index (Phi) is 4.42. The third-order valence-electron chi connectivity index (χ3n) is 2.42. The van der Waals surface area contributed by atoms with E-state index in [-0.39, 0.29) is 19.0 Å². The van der Waals surface area contributed by atoms with Gasteiger partial charge in [-0.2, -0.15) is 0 Å². The second-order valence-electron chi connectivity index (χ2n) is 3.82. The first-order valence-electron chi connectivity index (χ1n) is 5.19. The predicted molar refractivity (Wildman–Crippen MR) is 60.8 cm³/mol. The Morgan fingerprint density at radius 2 is 2.00 bits per heavy atom. The highest BCUT2D eigenvalue weighted by Gasteiger charge is 2.16. The molecule has 0 fully saturated rings. The van der Waals surface area contributed by atoms with Crippen molar-refractivity contribution in [2.75, 3.05) is 13.2 Å². The second kappa shape index (κ2) is 5.60. The summed E-state index contributed by atoms with van der Waals surface area (Å²) in [5.74, 6) is -0.561. The van der Waals surface area contributed by atoms with E-state index in [4.69, 9.17) is 10.2 Å². The van der Waals surface area contributed by atoms with Crippen molar-refractivity contribution in [1.82, 2.24) is 9.88 Å². The standard InChI is InChI=1S/C11H16N2O4/c1-7(16)8-3-10(13(2)4-8)11(17)12-9(5-14)6-15/h3-4,9,14-15H,5-6H2,1-2H3,(H,12,17). The van der Waals surface area contributed by atoms with Gasteiger partial charge >= 0.3 is 0 Å². The number of aromatic nitrogens is 1. The van der Waals surface area contributed by atoms with Crippen molar-refractivity contribution >= 4 is 11.7 Å². The minimum Gasteiger partial charge on any atom is -0.394 e. The first kappa shape index (κ1) is 13.4. The Hall–Kier alpha value is -1.66. The predicted octanol–water partition coefficient (Wildman–Crippen LogP) is -0.689. The topological polar surface area (TPSA) is 91.6 Å². The molecule has 94 valence electrons. The van der Waals surface area contributed by atoms with Gasteiger partial charge in [-0.15, -0.1) is 0 Å². The molecule has 1 aromatic heterocycles. The highest BCUT2D eigenvalue weighted by molar-refractivity contribution is 5.99. The summed E-state index contributed by atoms with van der Waals surface area (Å²) in [6.45, 7) is 0.736. The van der Waals surface area contributed by atoms with E-state index in [0.717, 1.165) is 0 Å². The van der Waals surface area contributed by atoms with E-state index in [9.17, 15) is 9.59 Å². The largest absolute Gasteiger partial charge is 0.394 e. The summed E-state index contributed by atoms with van der Waals surface area (Å²) < 4.78 is 1.53. The average Bonchev–Trinajstić information content (AvgIpc) is 2.68. The minimum absolute atomic E-state index is 0.125. The van der Waals surface area contributed by atoms with Crippen LogP contribution in [-0.4, -0.2) is 45.7 Å². The molecule has 0 spiro atoms. The van der Waals surface area contributed by atoms with E-state index in [1.165, 1.54) is 17.6 Å². The van der Waals surface area contributed by atoms with E-state index in [0.29, 0.717) is 11.3 Å². The van der Waals surface area contributed by atoms with Crippen LogP contribution in [0.5, 0.6) is 0 Å². The molecule has 0 atom stereocenters. The van der Waals surface area contributed by atoms with Crippen LogP contribution in [0.2, 0.25) is 0 Å². The number of amides is 1. The van der Waals surface area contributed by atoms with Gasteiger partial charge < -0.3 is 20.1 Å². The van der Waals surface area contributed by atoms with Crippen molar-refractivity contribution in [3.8, 4) is 0 Å². The van der Waals surface area contributed by atoms with Gasteiger partial charge in [0, 0.05) is 18.8 Å². The van der Waals surface area contributed by atoms with Gasteiger partial charge in [0.15, 0.2) is 5.78 Å². The van der Waals surface area contributed by atoms with Crippen LogP contribution in [0.3, 0.4) is 0 Å². The summed E-state index contributed by atoms with van der Waals surface area (Å²) in [5, 5.41) is 20.2. The van der Waals surface area contributed by atoms with E-state index < -0.39 is 11.9 Å². The van der Waals surface area contributed by atoms with Gasteiger partial charge in [0.05, 0.1) is 19.3 Å². The maximum Gasteiger partial charge on any atom is 0.268 e. The molecular formula is C11H16N2O4. The number of Topliss-reactive ketones (excluding diaryl/α,β-unsaturated/α-hetero) is 1. The van der Waals surface area contributed by atoms with Crippen LogP contribution < -0.4 is 5.32 Å². The lowest BCUT2D eigenvalue weighted by atomic mass is 10.2. The summed E-state index contributed by atoms with van der Waals surface area (Å²) in [4.78, 5) is 22.9. The number of rotatable bonds is 5. The molecule has 6 heteroatoms. The molecule has 0 aromatic carbocycles. The van der Waals surface area contributed by atoms with Crippen LogP contribution in [-0.2, 0) is 7.05 Å². The Bertz CT molecular complexity index is 421. The second-order valence-corrected chi connectivity index (χ2v) is 3.82. The Balaban J connectivity index is 2.85. The van der Waals surface area contributed by atoms with Gasteiger partial charge in [0.25, 0.3) is 5.91 Å². The molecule has 6 nitrogen and oxygen atoms in total. The molecule has 17 heavy (non-hydrogen) atoms. The number of carbonyl (C=O) groups is 2. The van der Waals surface area contributed by atoms with E-state index >= 15 is 0 Å². The van der Waals surface area contributed by atoms with Gasteiger partial charge in [-0.05, 0) is 13.0 Å².